The van der Waals surface area contributed by atoms with Crippen LogP contribution in [0.5, 0.6) is 0 Å². The molecule has 8 heteroatoms. The number of fused-ring (bicyclic) bond motifs is 1. The van der Waals surface area contributed by atoms with Crippen molar-refractivity contribution in [1.29, 1.82) is 0 Å². The molecule has 32 heavy (non-hydrogen) atoms. The number of hydrogen-bond donors (Lipinski definition) is 1. The van der Waals surface area contributed by atoms with Gasteiger partial charge in [-0.05, 0) is 42.0 Å². The lowest BCUT2D eigenvalue weighted by Gasteiger charge is -2.15. The van der Waals surface area contributed by atoms with Crippen molar-refractivity contribution in [2.45, 2.75) is 33.4 Å². The normalized spacial score (nSPS) is 11.1. The molecular formula is C24H22FN3O3S. The van der Waals surface area contributed by atoms with Crippen molar-refractivity contribution < 1.29 is 9.18 Å². The first-order valence-electron chi connectivity index (χ1n) is 10.2. The molecule has 0 unspecified atom stereocenters. The van der Waals surface area contributed by atoms with Gasteiger partial charge in [0.2, 0.25) is 5.91 Å². The SMILES string of the molecule is CCc1cccc(C)c1NC(=O)Cn1c(=O)n(Cc2ccccc2F)c(=O)c2sccc21. The van der Waals surface area contributed by atoms with Crippen molar-refractivity contribution in [2.75, 3.05) is 5.32 Å². The molecule has 0 saturated heterocycles. The third-order valence-corrected chi connectivity index (χ3v) is 6.32. The molecule has 0 bridgehead atoms. The highest BCUT2D eigenvalue weighted by molar-refractivity contribution is 7.17. The van der Waals surface area contributed by atoms with Gasteiger partial charge < -0.3 is 5.32 Å². The third kappa shape index (κ3) is 4.01. The number of amides is 1. The number of nitrogens with zero attached hydrogens (tertiary/aromatic N) is 2. The minimum Gasteiger partial charge on any atom is -0.324 e. The first kappa shape index (κ1) is 21.7. The smallest absolute Gasteiger partial charge is 0.324 e. The minimum atomic E-state index is -0.653. The van der Waals surface area contributed by atoms with E-state index in [-0.39, 0.29) is 24.6 Å². The van der Waals surface area contributed by atoms with E-state index in [1.807, 2.05) is 32.0 Å². The summed E-state index contributed by atoms with van der Waals surface area (Å²) in [4.78, 5) is 39.1. The number of rotatable bonds is 6. The van der Waals surface area contributed by atoms with E-state index >= 15 is 0 Å². The van der Waals surface area contributed by atoms with Crippen molar-refractivity contribution in [3.8, 4) is 0 Å². The molecule has 6 nitrogen and oxygen atoms in total. The molecule has 0 fully saturated rings. The van der Waals surface area contributed by atoms with Gasteiger partial charge in [-0.25, -0.2) is 9.18 Å². The molecule has 2 aromatic heterocycles. The zero-order valence-corrected chi connectivity index (χ0v) is 18.5. The molecule has 2 aromatic carbocycles. The lowest BCUT2D eigenvalue weighted by Crippen LogP contribution is -2.41. The van der Waals surface area contributed by atoms with Crippen LogP contribution in [-0.2, 0) is 24.3 Å². The molecule has 4 aromatic rings. The first-order chi connectivity index (χ1) is 15.4. The van der Waals surface area contributed by atoms with Crippen molar-refractivity contribution in [3.63, 3.8) is 0 Å². The topological polar surface area (TPSA) is 73.1 Å². The highest BCUT2D eigenvalue weighted by Gasteiger charge is 2.18. The average molecular weight is 452 g/mol. The van der Waals surface area contributed by atoms with E-state index in [9.17, 15) is 18.8 Å². The number of halogens is 1. The Kier molecular flexibility index (Phi) is 6.05. The van der Waals surface area contributed by atoms with Gasteiger partial charge in [0.15, 0.2) is 0 Å². The zero-order chi connectivity index (χ0) is 22.8. The van der Waals surface area contributed by atoms with Crippen LogP contribution in [0.2, 0.25) is 0 Å². The van der Waals surface area contributed by atoms with Crippen molar-refractivity contribution in [2.24, 2.45) is 0 Å². The van der Waals surface area contributed by atoms with Crippen LogP contribution in [0.3, 0.4) is 0 Å². The summed E-state index contributed by atoms with van der Waals surface area (Å²) in [5.41, 5.74) is 2.13. The Bertz CT molecular complexity index is 1430. The molecule has 0 aliphatic rings. The molecule has 0 spiro atoms. The average Bonchev–Trinajstić information content (AvgIpc) is 3.27. The molecule has 164 valence electrons. The minimum absolute atomic E-state index is 0.211. The number of benzene rings is 2. The number of anilines is 1. The van der Waals surface area contributed by atoms with Crippen LogP contribution >= 0.6 is 11.3 Å². The molecule has 4 rings (SSSR count). The molecule has 1 amide bonds. The number of hydrogen-bond acceptors (Lipinski definition) is 4. The van der Waals surface area contributed by atoms with Crippen LogP contribution in [0, 0.1) is 12.7 Å². The Morgan fingerprint density at radius 3 is 2.53 bits per heavy atom. The fourth-order valence-electron chi connectivity index (χ4n) is 3.75. The van der Waals surface area contributed by atoms with Gasteiger partial charge in [0, 0.05) is 11.3 Å². The zero-order valence-electron chi connectivity index (χ0n) is 17.7. The van der Waals surface area contributed by atoms with E-state index in [2.05, 4.69) is 5.32 Å². The van der Waals surface area contributed by atoms with E-state index in [1.165, 1.54) is 28.0 Å². The molecular weight excluding hydrogens is 429 g/mol. The lowest BCUT2D eigenvalue weighted by atomic mass is 10.1. The highest BCUT2D eigenvalue weighted by Crippen LogP contribution is 2.21. The summed E-state index contributed by atoms with van der Waals surface area (Å²) < 4.78 is 16.8. The van der Waals surface area contributed by atoms with Gasteiger partial charge in [0.25, 0.3) is 5.56 Å². The van der Waals surface area contributed by atoms with Gasteiger partial charge in [0.1, 0.15) is 17.1 Å². The van der Waals surface area contributed by atoms with E-state index in [4.69, 9.17) is 0 Å². The monoisotopic (exact) mass is 451 g/mol. The Hall–Kier alpha value is -3.52. The molecule has 2 heterocycles. The number of carbonyl (C=O) groups excluding carboxylic acids is 1. The standard InChI is InChI=1S/C24H22FN3O3S/c1-3-16-9-6-7-15(2)21(16)26-20(29)14-27-19-11-12-32-22(19)23(30)28(24(27)31)13-17-8-4-5-10-18(17)25/h4-12H,3,13-14H2,1-2H3,(H,26,29). The van der Waals surface area contributed by atoms with E-state index < -0.39 is 17.1 Å². The number of nitrogens with one attached hydrogen (secondary N) is 1. The number of thiophene rings is 1. The number of para-hydroxylation sites is 1. The summed E-state index contributed by atoms with van der Waals surface area (Å²) in [6.07, 6.45) is 0.750. The van der Waals surface area contributed by atoms with Gasteiger partial charge in [0.05, 0.1) is 12.1 Å². The third-order valence-electron chi connectivity index (χ3n) is 5.43. The second-order valence-corrected chi connectivity index (χ2v) is 8.41. The maximum absolute atomic E-state index is 14.2. The van der Waals surface area contributed by atoms with Crippen LogP contribution in [0.15, 0.2) is 63.5 Å². The lowest BCUT2D eigenvalue weighted by molar-refractivity contribution is -0.116. The van der Waals surface area contributed by atoms with Gasteiger partial charge in [-0.15, -0.1) is 11.3 Å². The van der Waals surface area contributed by atoms with E-state index in [1.54, 1.807) is 23.6 Å². The fraction of sp³-hybridized carbons (Fsp3) is 0.208. The molecule has 0 aliphatic carbocycles. The maximum atomic E-state index is 14.2. The van der Waals surface area contributed by atoms with E-state index in [0.29, 0.717) is 10.2 Å². The molecule has 0 radical (unpaired) electrons. The Morgan fingerprint density at radius 2 is 1.78 bits per heavy atom. The van der Waals surface area contributed by atoms with Crippen LogP contribution < -0.4 is 16.6 Å². The predicted molar refractivity (Wildman–Crippen MR) is 125 cm³/mol. The van der Waals surface area contributed by atoms with Crippen LogP contribution in [-0.4, -0.2) is 15.0 Å². The summed E-state index contributed by atoms with van der Waals surface area (Å²) >= 11 is 1.19. The summed E-state index contributed by atoms with van der Waals surface area (Å²) in [5, 5.41) is 4.61. The summed E-state index contributed by atoms with van der Waals surface area (Å²) in [6, 6.07) is 13.4. The second-order valence-electron chi connectivity index (χ2n) is 7.50. The van der Waals surface area contributed by atoms with Crippen LogP contribution in [0.4, 0.5) is 10.1 Å². The number of aromatic nitrogens is 2. The summed E-state index contributed by atoms with van der Waals surface area (Å²) in [5.74, 6) is -0.874. The molecule has 1 N–H and O–H groups in total. The van der Waals surface area contributed by atoms with Gasteiger partial charge in [-0.3, -0.25) is 18.7 Å². The Balaban J connectivity index is 1.74. The van der Waals surface area contributed by atoms with Crippen molar-refractivity contribution >= 4 is 33.1 Å². The van der Waals surface area contributed by atoms with Gasteiger partial charge in [-0.2, -0.15) is 0 Å². The largest absolute Gasteiger partial charge is 0.332 e. The van der Waals surface area contributed by atoms with E-state index in [0.717, 1.165) is 27.8 Å². The number of aryl methyl sites for hydroxylation is 2. The van der Waals surface area contributed by atoms with Gasteiger partial charge >= 0.3 is 5.69 Å². The van der Waals surface area contributed by atoms with Crippen molar-refractivity contribution in [3.05, 3.63) is 97.3 Å². The first-order valence-corrected chi connectivity index (χ1v) is 11.1. The molecule has 0 aliphatic heterocycles. The molecule has 0 atom stereocenters. The predicted octanol–water partition coefficient (Wildman–Crippen LogP) is 3.92. The molecule has 0 saturated carbocycles. The Labute approximate surface area is 187 Å². The van der Waals surface area contributed by atoms with Crippen molar-refractivity contribution in [1.82, 2.24) is 9.13 Å². The number of carbonyl (C=O) groups is 1. The van der Waals surface area contributed by atoms with Crippen LogP contribution in [0.25, 0.3) is 10.2 Å². The quantitative estimate of drug-likeness (QED) is 0.483. The van der Waals surface area contributed by atoms with Gasteiger partial charge in [-0.1, -0.05) is 43.3 Å². The second kappa shape index (κ2) is 8.92. The Morgan fingerprint density at radius 1 is 1.03 bits per heavy atom. The maximum Gasteiger partial charge on any atom is 0.332 e. The fourth-order valence-corrected chi connectivity index (χ4v) is 4.59. The van der Waals surface area contributed by atoms with Crippen LogP contribution in [0.1, 0.15) is 23.6 Å². The summed E-state index contributed by atoms with van der Waals surface area (Å²) in [7, 11) is 0. The highest BCUT2D eigenvalue weighted by atomic mass is 32.1. The summed E-state index contributed by atoms with van der Waals surface area (Å²) in [6.45, 7) is 3.44.